The maximum Gasteiger partial charge on any atom is 0.246 e. The van der Waals surface area contributed by atoms with Crippen LogP contribution < -0.4 is 5.32 Å². The summed E-state index contributed by atoms with van der Waals surface area (Å²) in [6, 6.07) is -9.76. The lowest BCUT2D eigenvalue weighted by molar-refractivity contribution is -0.157. The van der Waals surface area contributed by atoms with E-state index in [9.17, 15) is 24.3 Å². The number of carbonyl (C=O) groups is 11. The van der Waals surface area contributed by atoms with Crippen LogP contribution in [0.5, 0.6) is 0 Å². The molecule has 0 radical (unpaired) electrons. The molecule has 0 aliphatic carbocycles. The second-order valence-electron chi connectivity index (χ2n) is 29.4. The quantitative estimate of drug-likeness (QED) is 0.152. The minimum absolute atomic E-state index is 0.0121. The Hall–Kier alpha value is -5.65. The van der Waals surface area contributed by atoms with E-state index in [0.29, 0.717) is 39.3 Å². The standard InChI is InChI=1S/C71H125N9O14/c1-26-28-29-46(13)63(84)62-64(85)72-53(27-2)68(89)73(18)50(17)66(87)78(23)61(49(16)38-80-30-31-94-51(39-80)40-93-25)59(83)37-52(44(9)10)67(88)74(19)54(32-41(3)4)58(82)35-47(14)57(81)36-48(15)65(86)75(20)55(33-42(5)6)69(90)76(21)56(34-43(7)8)70(91)77(22)60(45(11)12)71(92)79(62)24/h26,28,41-56,60-63,84H,27,29-40H2,1-25H3,(H,72,85)/b28-26+/t46-,47-,48+,49-,50-,51+,52+,53+,54+,55+,56+,60+,61+,62+,63-/m1/s1. The number of aliphatic hydroxyl groups excluding tert-OH is 1. The van der Waals surface area contributed by atoms with Gasteiger partial charge in [-0.25, -0.2) is 0 Å². The molecule has 2 N–H and O–H groups in total. The number of nitrogens with one attached hydrogen (secondary N) is 1. The number of likely N-dealkylation sites (N-methyl/N-ethyl adjacent to an activating group) is 7. The third-order valence-corrected chi connectivity index (χ3v) is 19.4. The SMILES string of the molecule is C/C=C/C[C@@H](C)[C@@H](O)[C@H]1C(=O)N[C@@H](CC)C(=O)N(C)[C@H](C)C(=O)N(C)[C@@H]([C@H](C)CN2CCO[C@H](COC)C2)C(=O)C[C@@H](C(C)C)C(=O)N(C)[C@@H](CC(C)C)C(=O)C[C@@H](C)C(=O)C[C@H](C)C(=O)N(C)[C@@H](CC(C)C)C(=O)N(C)[C@@H](CC(C)C)C(=O)N(C)[C@@H](C(C)C)C(=O)N1C. The third-order valence-electron chi connectivity index (χ3n) is 19.4. The number of ketones is 3. The largest absolute Gasteiger partial charge is 0.390 e. The van der Waals surface area contributed by atoms with Crippen molar-refractivity contribution in [1.82, 2.24) is 44.5 Å². The van der Waals surface area contributed by atoms with E-state index >= 15 is 33.6 Å². The zero-order valence-electron chi connectivity index (χ0n) is 62.2. The Kier molecular flexibility index (Phi) is 35.0. The second-order valence-corrected chi connectivity index (χ2v) is 29.4. The summed E-state index contributed by atoms with van der Waals surface area (Å²) in [5.74, 6) is -11.4. The molecule has 0 aromatic rings. The number of hydrogen-bond acceptors (Lipinski definition) is 15. The highest BCUT2D eigenvalue weighted by atomic mass is 16.5. The molecule has 2 aliphatic heterocycles. The van der Waals surface area contributed by atoms with E-state index in [1.165, 1.54) is 85.7 Å². The lowest BCUT2D eigenvalue weighted by Gasteiger charge is -2.41. The molecule has 23 heteroatoms. The number of allylic oxidation sites excluding steroid dienone is 2. The van der Waals surface area contributed by atoms with E-state index in [2.05, 4.69) is 10.2 Å². The maximum atomic E-state index is 15.4. The monoisotopic (exact) mass is 1330 g/mol. The molecule has 2 heterocycles. The van der Waals surface area contributed by atoms with Crippen molar-refractivity contribution in [2.45, 2.75) is 230 Å². The van der Waals surface area contributed by atoms with Crippen LogP contribution in [0.3, 0.4) is 0 Å². The van der Waals surface area contributed by atoms with Crippen LogP contribution >= 0.6 is 0 Å². The van der Waals surface area contributed by atoms with Crippen LogP contribution in [0.4, 0.5) is 0 Å². The van der Waals surface area contributed by atoms with Gasteiger partial charge in [0.25, 0.3) is 0 Å². The van der Waals surface area contributed by atoms with Crippen LogP contribution in [-0.2, 0) is 62.2 Å². The number of carbonyl (C=O) groups excluding carboxylic acids is 11. The van der Waals surface area contributed by atoms with Gasteiger partial charge in [0.2, 0.25) is 47.3 Å². The van der Waals surface area contributed by atoms with Crippen LogP contribution in [0.15, 0.2) is 12.2 Å². The average molecular weight is 1330 g/mol. The van der Waals surface area contributed by atoms with Gasteiger partial charge in [-0.2, -0.15) is 0 Å². The highest BCUT2D eigenvalue weighted by molar-refractivity contribution is 6.00. The van der Waals surface area contributed by atoms with Crippen LogP contribution in [0.25, 0.3) is 0 Å². The van der Waals surface area contributed by atoms with E-state index in [0.717, 1.165) is 4.90 Å². The molecular formula is C71H125N9O14. The van der Waals surface area contributed by atoms with Gasteiger partial charge in [0, 0.05) is 113 Å². The number of ether oxygens (including phenoxy) is 2. The number of hydrogen-bond donors (Lipinski definition) is 2. The van der Waals surface area contributed by atoms with Gasteiger partial charge in [-0.15, -0.1) is 0 Å². The fourth-order valence-corrected chi connectivity index (χ4v) is 13.3. The van der Waals surface area contributed by atoms with Gasteiger partial charge in [-0.05, 0) is 87.4 Å². The summed E-state index contributed by atoms with van der Waals surface area (Å²) in [7, 11) is 11.9. The number of rotatable bonds is 18. The lowest BCUT2D eigenvalue weighted by atomic mass is 9.83. The van der Waals surface area contributed by atoms with Gasteiger partial charge < -0.3 is 54.2 Å². The zero-order chi connectivity index (χ0) is 72.2. The first kappa shape index (κ1) is 84.4. The molecule has 0 aromatic heterocycles. The summed E-state index contributed by atoms with van der Waals surface area (Å²) < 4.78 is 11.3. The number of nitrogens with zero attached hydrogens (tertiary/aromatic N) is 8. The Morgan fingerprint density at radius 1 is 0.553 bits per heavy atom. The van der Waals surface area contributed by atoms with Gasteiger partial charge in [0.15, 0.2) is 11.6 Å². The zero-order valence-corrected chi connectivity index (χ0v) is 62.2. The molecule has 8 amide bonds. The minimum Gasteiger partial charge on any atom is -0.390 e. The second kappa shape index (κ2) is 38.9. The number of Topliss-reactive ketones (excluding diaryl/α,β-unsaturated/α-hetero) is 3. The lowest BCUT2D eigenvalue weighted by Crippen LogP contribution is -2.63. The molecule has 23 nitrogen and oxygen atoms in total. The van der Waals surface area contributed by atoms with Crippen molar-refractivity contribution in [2.24, 2.45) is 59.2 Å². The molecule has 2 rings (SSSR count). The molecule has 0 unspecified atom stereocenters. The molecule has 15 atom stereocenters. The highest BCUT2D eigenvalue weighted by Crippen LogP contribution is 2.30. The molecular weight excluding hydrogens is 1200 g/mol. The molecule has 2 fully saturated rings. The van der Waals surface area contributed by atoms with Crippen molar-refractivity contribution >= 4 is 64.6 Å². The van der Waals surface area contributed by atoms with Gasteiger partial charge in [-0.1, -0.05) is 116 Å². The Morgan fingerprint density at radius 2 is 1.04 bits per heavy atom. The van der Waals surface area contributed by atoms with Crippen molar-refractivity contribution in [3.8, 4) is 0 Å². The molecule has 2 aliphatic rings. The Labute approximate surface area is 564 Å². The first-order valence-electron chi connectivity index (χ1n) is 34.5. The molecule has 0 bridgehead atoms. The summed E-state index contributed by atoms with van der Waals surface area (Å²) >= 11 is 0. The third kappa shape index (κ3) is 23.0. The number of morpholine rings is 1. The Bertz CT molecular complexity index is 2570. The molecule has 0 saturated carbocycles. The Balaban J connectivity index is 3.06. The fraction of sp³-hybridized carbons (Fsp3) is 0.817. The minimum atomic E-state index is -1.62. The predicted molar refractivity (Wildman–Crippen MR) is 364 cm³/mol. The van der Waals surface area contributed by atoms with Crippen LogP contribution in [0.1, 0.15) is 169 Å². The van der Waals surface area contributed by atoms with Crippen LogP contribution in [0, 0.1) is 59.2 Å². The van der Waals surface area contributed by atoms with Gasteiger partial charge in [-0.3, -0.25) is 57.6 Å². The van der Waals surface area contributed by atoms with Crippen molar-refractivity contribution in [3.05, 3.63) is 12.2 Å². The summed E-state index contributed by atoms with van der Waals surface area (Å²) in [4.78, 5) is 176. The molecule has 538 valence electrons. The van der Waals surface area contributed by atoms with Crippen molar-refractivity contribution in [2.75, 3.05) is 89.3 Å². The molecule has 0 aromatic carbocycles. The van der Waals surface area contributed by atoms with Crippen molar-refractivity contribution < 1.29 is 67.3 Å². The van der Waals surface area contributed by atoms with Crippen LogP contribution in [-0.4, -0.2) is 259 Å². The van der Waals surface area contributed by atoms with Crippen LogP contribution in [0.2, 0.25) is 0 Å². The van der Waals surface area contributed by atoms with Gasteiger partial charge >= 0.3 is 0 Å². The molecule has 94 heavy (non-hydrogen) atoms. The molecule has 2 saturated heterocycles. The van der Waals surface area contributed by atoms with E-state index in [1.54, 1.807) is 54.7 Å². The van der Waals surface area contributed by atoms with Crippen molar-refractivity contribution in [3.63, 3.8) is 0 Å². The first-order valence-corrected chi connectivity index (χ1v) is 34.5. The average Bonchev–Trinajstić information content (AvgIpc) is 0.818. The Morgan fingerprint density at radius 3 is 1.54 bits per heavy atom. The molecule has 0 spiro atoms. The fourth-order valence-electron chi connectivity index (χ4n) is 13.3. The highest BCUT2D eigenvalue weighted by Gasteiger charge is 2.47. The first-order chi connectivity index (χ1) is 43.6. The number of methoxy groups -OCH3 is 1. The smallest absolute Gasteiger partial charge is 0.246 e. The summed E-state index contributed by atoms with van der Waals surface area (Å²) in [6.45, 7) is 32.4. The van der Waals surface area contributed by atoms with Gasteiger partial charge in [0.1, 0.15) is 42.0 Å². The van der Waals surface area contributed by atoms with E-state index in [1.807, 2.05) is 75.3 Å². The normalized spacial score (nSPS) is 28.8. The maximum absolute atomic E-state index is 15.4. The van der Waals surface area contributed by atoms with E-state index in [-0.39, 0.29) is 80.4 Å². The van der Waals surface area contributed by atoms with E-state index in [4.69, 9.17) is 9.47 Å². The number of amides is 8. The topological polar surface area (TPSA) is 264 Å². The number of aliphatic hydroxyl groups is 1. The van der Waals surface area contributed by atoms with Crippen molar-refractivity contribution in [1.29, 1.82) is 0 Å². The predicted octanol–water partition coefficient (Wildman–Crippen LogP) is 5.87. The summed E-state index contributed by atoms with van der Waals surface area (Å²) in [5.41, 5.74) is 0. The summed E-state index contributed by atoms with van der Waals surface area (Å²) in [6.07, 6.45) is 1.96. The van der Waals surface area contributed by atoms with E-state index < -0.39 is 149 Å². The van der Waals surface area contributed by atoms with Gasteiger partial charge in [0.05, 0.1) is 37.5 Å². The summed E-state index contributed by atoms with van der Waals surface area (Å²) in [5, 5.41) is 15.1.